The number of amides is 2. The molecular weight excluding hydrogens is 386 g/mol. The Labute approximate surface area is 181 Å². The number of imide groups is 1. The van der Waals surface area contributed by atoms with E-state index in [1.165, 1.54) is 4.90 Å². The number of rotatable bonds is 2. The molecule has 0 aromatic heterocycles. The van der Waals surface area contributed by atoms with Crippen molar-refractivity contribution in [1.82, 2.24) is 0 Å². The van der Waals surface area contributed by atoms with Gasteiger partial charge in [0, 0.05) is 10.8 Å². The Morgan fingerprint density at radius 1 is 0.677 bits per heavy atom. The summed E-state index contributed by atoms with van der Waals surface area (Å²) in [5.41, 5.74) is 3.99. The predicted molar refractivity (Wildman–Crippen MR) is 118 cm³/mol. The van der Waals surface area contributed by atoms with Gasteiger partial charge in [-0.1, -0.05) is 74.5 Å². The lowest BCUT2D eigenvalue weighted by Crippen LogP contribution is -2.59. The van der Waals surface area contributed by atoms with Crippen molar-refractivity contribution in [3.8, 4) is 5.75 Å². The van der Waals surface area contributed by atoms with Gasteiger partial charge in [0.2, 0.25) is 11.8 Å². The molecule has 2 atom stereocenters. The Morgan fingerprint density at radius 3 is 1.48 bits per heavy atom. The molecule has 1 saturated heterocycles. The lowest BCUT2D eigenvalue weighted by atomic mass is 9.42. The van der Waals surface area contributed by atoms with Gasteiger partial charge in [0.25, 0.3) is 0 Å². The zero-order valence-corrected chi connectivity index (χ0v) is 17.8. The number of anilines is 1. The Morgan fingerprint density at radius 2 is 1.06 bits per heavy atom. The van der Waals surface area contributed by atoms with E-state index < -0.39 is 22.7 Å². The minimum Gasteiger partial charge on any atom is -0.495 e. The molecule has 0 saturated carbocycles. The van der Waals surface area contributed by atoms with Gasteiger partial charge in [0.15, 0.2) is 0 Å². The SMILES string of the molecule is COc1ccccc1N1C(=O)[C@H]2[C@H](C1=O)C1(C)c3ccccc3C2(C)c2ccccc21. The standard InChI is InChI=1S/C27H23NO3/c1-26-16-10-4-6-12-18(16)27(2,19-13-7-5-11-17(19)26)23-22(26)24(29)28(25(23)30)20-14-8-9-15-21(20)31-3/h4-15,22-23H,1-3H3/t22-,23-,26?,27?/m1/s1. The topological polar surface area (TPSA) is 46.6 Å². The van der Waals surface area contributed by atoms with E-state index in [9.17, 15) is 9.59 Å². The molecule has 2 amide bonds. The third-order valence-electron chi connectivity index (χ3n) is 7.97. The summed E-state index contributed by atoms with van der Waals surface area (Å²) in [5, 5.41) is 0. The molecule has 3 aliphatic carbocycles. The highest BCUT2D eigenvalue weighted by molar-refractivity contribution is 6.24. The molecule has 31 heavy (non-hydrogen) atoms. The molecule has 1 heterocycles. The van der Waals surface area contributed by atoms with Crippen LogP contribution in [0, 0.1) is 11.8 Å². The van der Waals surface area contributed by atoms with Gasteiger partial charge in [-0.05, 0) is 34.4 Å². The minimum atomic E-state index is -0.570. The maximum Gasteiger partial charge on any atom is 0.239 e. The van der Waals surface area contributed by atoms with Gasteiger partial charge < -0.3 is 4.74 Å². The fourth-order valence-electron chi connectivity index (χ4n) is 6.62. The van der Waals surface area contributed by atoms with Crippen molar-refractivity contribution in [3.05, 3.63) is 95.1 Å². The molecule has 7 rings (SSSR count). The number of ether oxygens (including phenoxy) is 1. The smallest absolute Gasteiger partial charge is 0.239 e. The number of benzene rings is 3. The van der Waals surface area contributed by atoms with Crippen molar-refractivity contribution >= 4 is 17.5 Å². The number of nitrogens with zero attached hydrogens (tertiary/aromatic N) is 1. The lowest BCUT2D eigenvalue weighted by molar-refractivity contribution is -0.124. The Balaban J connectivity index is 1.66. The Kier molecular flexibility index (Phi) is 3.47. The van der Waals surface area contributed by atoms with Gasteiger partial charge in [0.1, 0.15) is 5.75 Å². The van der Waals surface area contributed by atoms with Crippen LogP contribution in [-0.2, 0) is 20.4 Å². The fraction of sp³-hybridized carbons (Fsp3) is 0.259. The van der Waals surface area contributed by atoms with Crippen LogP contribution in [-0.4, -0.2) is 18.9 Å². The fourth-order valence-corrected chi connectivity index (χ4v) is 6.62. The second-order valence-corrected chi connectivity index (χ2v) is 9.13. The van der Waals surface area contributed by atoms with E-state index in [1.807, 2.05) is 36.4 Å². The van der Waals surface area contributed by atoms with Crippen LogP contribution < -0.4 is 9.64 Å². The summed E-state index contributed by atoms with van der Waals surface area (Å²) in [4.78, 5) is 29.4. The molecule has 4 heteroatoms. The average molecular weight is 409 g/mol. The summed E-state index contributed by atoms with van der Waals surface area (Å²) >= 11 is 0. The molecule has 1 aliphatic heterocycles. The molecule has 2 bridgehead atoms. The number of carbonyl (C=O) groups excluding carboxylic acids is 2. The minimum absolute atomic E-state index is 0.141. The van der Waals surface area contributed by atoms with Crippen molar-refractivity contribution in [1.29, 1.82) is 0 Å². The second-order valence-electron chi connectivity index (χ2n) is 9.13. The summed E-state index contributed by atoms with van der Waals surface area (Å²) in [6.45, 7) is 4.27. The first kappa shape index (κ1) is 18.4. The molecule has 3 aromatic carbocycles. The molecule has 1 fully saturated rings. The molecule has 4 aliphatic rings. The number of para-hydroxylation sites is 2. The third kappa shape index (κ3) is 1.92. The third-order valence-corrected chi connectivity index (χ3v) is 7.97. The van der Waals surface area contributed by atoms with Crippen LogP contribution in [0.15, 0.2) is 72.8 Å². The normalized spacial score (nSPS) is 30.1. The highest BCUT2D eigenvalue weighted by Crippen LogP contribution is 2.66. The van der Waals surface area contributed by atoms with Gasteiger partial charge in [-0.3, -0.25) is 9.59 Å². The number of hydrogen-bond acceptors (Lipinski definition) is 3. The number of hydrogen-bond donors (Lipinski definition) is 0. The summed E-state index contributed by atoms with van der Waals surface area (Å²) < 4.78 is 5.50. The maximum atomic E-state index is 14.0. The monoisotopic (exact) mass is 409 g/mol. The van der Waals surface area contributed by atoms with Crippen LogP contribution in [0.1, 0.15) is 36.1 Å². The average Bonchev–Trinajstić information content (AvgIpc) is 3.08. The highest BCUT2D eigenvalue weighted by atomic mass is 16.5. The Hall–Kier alpha value is -3.40. The predicted octanol–water partition coefficient (Wildman–Crippen LogP) is 4.44. The zero-order valence-electron chi connectivity index (χ0n) is 17.8. The van der Waals surface area contributed by atoms with Crippen LogP contribution in [0.2, 0.25) is 0 Å². The van der Waals surface area contributed by atoms with E-state index in [4.69, 9.17) is 4.74 Å². The number of carbonyl (C=O) groups is 2. The van der Waals surface area contributed by atoms with E-state index >= 15 is 0 Å². The Bertz CT molecular complexity index is 1160. The molecule has 3 aromatic rings. The van der Waals surface area contributed by atoms with Crippen molar-refractivity contribution in [2.45, 2.75) is 24.7 Å². The summed E-state index contributed by atoms with van der Waals surface area (Å²) in [7, 11) is 1.56. The van der Waals surface area contributed by atoms with E-state index in [0.29, 0.717) is 11.4 Å². The number of methoxy groups -OCH3 is 1. The molecule has 0 N–H and O–H groups in total. The molecule has 154 valence electrons. The van der Waals surface area contributed by atoms with Crippen LogP contribution in [0.5, 0.6) is 5.75 Å². The van der Waals surface area contributed by atoms with E-state index in [-0.39, 0.29) is 11.8 Å². The van der Waals surface area contributed by atoms with Crippen LogP contribution in [0.4, 0.5) is 5.69 Å². The zero-order chi connectivity index (χ0) is 21.5. The van der Waals surface area contributed by atoms with E-state index in [0.717, 1.165) is 22.3 Å². The maximum absolute atomic E-state index is 14.0. The first-order chi connectivity index (χ1) is 15.0. The van der Waals surface area contributed by atoms with Crippen LogP contribution >= 0.6 is 0 Å². The summed E-state index contributed by atoms with van der Waals surface area (Å²) in [6, 6.07) is 23.9. The van der Waals surface area contributed by atoms with Crippen molar-refractivity contribution in [2.24, 2.45) is 11.8 Å². The van der Waals surface area contributed by atoms with Gasteiger partial charge in [-0.2, -0.15) is 0 Å². The van der Waals surface area contributed by atoms with Crippen molar-refractivity contribution in [2.75, 3.05) is 12.0 Å². The van der Waals surface area contributed by atoms with Gasteiger partial charge in [-0.15, -0.1) is 0 Å². The quantitative estimate of drug-likeness (QED) is 0.588. The van der Waals surface area contributed by atoms with E-state index in [2.05, 4.69) is 38.1 Å². The van der Waals surface area contributed by atoms with Crippen molar-refractivity contribution < 1.29 is 14.3 Å². The summed E-state index contributed by atoms with van der Waals surface area (Å²) in [6.07, 6.45) is 0. The van der Waals surface area contributed by atoms with Crippen LogP contribution in [0.25, 0.3) is 0 Å². The molecule has 4 nitrogen and oxygen atoms in total. The van der Waals surface area contributed by atoms with Gasteiger partial charge in [-0.25, -0.2) is 4.90 Å². The first-order valence-corrected chi connectivity index (χ1v) is 10.7. The van der Waals surface area contributed by atoms with Crippen LogP contribution in [0.3, 0.4) is 0 Å². The van der Waals surface area contributed by atoms with Gasteiger partial charge >= 0.3 is 0 Å². The second kappa shape index (κ2) is 5.85. The molecule has 0 radical (unpaired) electrons. The summed E-state index contributed by atoms with van der Waals surface area (Å²) in [5.74, 6) is -0.672. The lowest BCUT2D eigenvalue weighted by Gasteiger charge is -2.57. The molecule has 0 spiro atoms. The first-order valence-electron chi connectivity index (χ1n) is 10.7. The van der Waals surface area contributed by atoms with Gasteiger partial charge in [0.05, 0.1) is 24.6 Å². The molecular formula is C27H23NO3. The largest absolute Gasteiger partial charge is 0.495 e. The van der Waals surface area contributed by atoms with E-state index in [1.54, 1.807) is 19.2 Å². The van der Waals surface area contributed by atoms with Crippen molar-refractivity contribution in [3.63, 3.8) is 0 Å². The molecule has 0 unspecified atom stereocenters. The highest BCUT2D eigenvalue weighted by Gasteiger charge is 2.70.